The van der Waals surface area contributed by atoms with Gasteiger partial charge in [0.25, 0.3) is 10.0 Å². The van der Waals surface area contributed by atoms with Crippen LogP contribution in [0.4, 0.5) is 0 Å². The highest BCUT2D eigenvalue weighted by Crippen LogP contribution is 2.56. The van der Waals surface area contributed by atoms with Gasteiger partial charge < -0.3 is 9.05 Å². The zero-order chi connectivity index (χ0) is 22.6. The molecule has 0 heterocycles. The minimum absolute atomic E-state index is 0.0424. The Labute approximate surface area is 187 Å². The lowest BCUT2D eigenvalue weighted by Gasteiger charge is -2.30. The molecule has 0 aromatic heterocycles. The van der Waals surface area contributed by atoms with Crippen molar-refractivity contribution in [3.63, 3.8) is 0 Å². The SMILES string of the molecule is Cc1ccc(S(=O)(=O)N(C2=C=CC=C2)P(=O)(Oc2ccccc2)Oc2ccccc2)cc1. The highest BCUT2D eigenvalue weighted by atomic mass is 32.2. The predicted molar refractivity (Wildman–Crippen MR) is 123 cm³/mol. The fraction of sp³-hybridized carbons (Fsp3) is 0.0417. The summed E-state index contributed by atoms with van der Waals surface area (Å²) >= 11 is 0. The van der Waals surface area contributed by atoms with Gasteiger partial charge in [0, 0.05) is 0 Å². The summed E-state index contributed by atoms with van der Waals surface area (Å²) in [5, 5.41) is 0. The molecular weight excluding hydrogens is 445 g/mol. The van der Waals surface area contributed by atoms with E-state index in [1.54, 1.807) is 78.9 Å². The molecule has 1 aliphatic rings. The highest BCUT2D eigenvalue weighted by molar-refractivity contribution is 7.94. The molecule has 0 radical (unpaired) electrons. The highest BCUT2D eigenvalue weighted by Gasteiger charge is 2.47. The Bertz CT molecular complexity index is 1300. The molecular formula is C24H20NO5PS. The largest absolute Gasteiger partial charge is 0.559 e. The maximum Gasteiger partial charge on any atom is 0.559 e. The van der Waals surface area contributed by atoms with Crippen LogP contribution in [0.5, 0.6) is 11.5 Å². The van der Waals surface area contributed by atoms with E-state index in [0.29, 0.717) is 4.08 Å². The normalized spacial score (nSPS) is 13.0. The first kappa shape index (κ1) is 21.7. The molecule has 8 heteroatoms. The third-order valence-electron chi connectivity index (χ3n) is 4.48. The molecule has 0 fully saturated rings. The molecule has 0 aliphatic heterocycles. The van der Waals surface area contributed by atoms with E-state index in [0.717, 1.165) is 5.56 Å². The van der Waals surface area contributed by atoms with Gasteiger partial charge in [-0.1, -0.05) is 65.9 Å². The second kappa shape index (κ2) is 8.93. The number of benzene rings is 3. The van der Waals surface area contributed by atoms with E-state index < -0.39 is 17.8 Å². The lowest BCUT2D eigenvalue weighted by Crippen LogP contribution is -2.31. The monoisotopic (exact) mass is 465 g/mol. The summed E-state index contributed by atoms with van der Waals surface area (Å²) in [4.78, 5) is -0.0498. The molecule has 0 bridgehead atoms. The molecule has 162 valence electrons. The first-order valence-corrected chi connectivity index (χ1v) is 12.7. The number of hydrogen-bond acceptors (Lipinski definition) is 5. The number of hydrogen-bond donors (Lipinski definition) is 0. The molecule has 3 aromatic rings. The van der Waals surface area contributed by atoms with Crippen LogP contribution in [0.25, 0.3) is 0 Å². The standard InChI is InChI=1S/C24H20NO5PS/c1-20-16-18-24(19-17-20)32(27,28)25(21-10-8-9-11-21)31(26,29-22-12-4-2-5-13-22)30-23-14-6-3-7-15-23/h2-10,12-19H,1H3. The second-order valence-electron chi connectivity index (χ2n) is 6.89. The topological polar surface area (TPSA) is 72.9 Å². The van der Waals surface area contributed by atoms with Crippen molar-refractivity contribution in [2.24, 2.45) is 0 Å². The minimum Gasteiger partial charge on any atom is -0.400 e. The Hall–Kier alpha value is -3.50. The van der Waals surface area contributed by atoms with E-state index in [1.807, 2.05) is 6.92 Å². The Morgan fingerprint density at radius 1 is 0.812 bits per heavy atom. The predicted octanol–water partition coefficient (Wildman–Crippen LogP) is 5.86. The van der Waals surface area contributed by atoms with Gasteiger partial charge >= 0.3 is 7.75 Å². The van der Waals surface area contributed by atoms with Crippen molar-refractivity contribution in [1.29, 1.82) is 0 Å². The molecule has 0 atom stereocenters. The van der Waals surface area contributed by atoms with E-state index in [1.165, 1.54) is 24.3 Å². The van der Waals surface area contributed by atoms with Crippen molar-refractivity contribution in [2.75, 3.05) is 0 Å². The maximum atomic E-state index is 14.3. The lowest BCUT2D eigenvalue weighted by atomic mass is 10.2. The van der Waals surface area contributed by atoms with E-state index in [2.05, 4.69) is 5.73 Å². The van der Waals surface area contributed by atoms with Gasteiger partial charge in [-0.3, -0.25) is 0 Å². The van der Waals surface area contributed by atoms with Gasteiger partial charge in [0.15, 0.2) is 0 Å². The van der Waals surface area contributed by atoms with Gasteiger partial charge in [-0.2, -0.15) is 0 Å². The summed E-state index contributed by atoms with van der Waals surface area (Å²) in [6.45, 7) is 1.85. The minimum atomic E-state index is -4.55. The van der Waals surface area contributed by atoms with Crippen LogP contribution in [0, 0.1) is 6.92 Å². The number of allylic oxidation sites excluding steroid dienone is 2. The molecule has 3 aromatic carbocycles. The van der Waals surface area contributed by atoms with Crippen molar-refractivity contribution in [1.82, 2.24) is 4.08 Å². The van der Waals surface area contributed by atoms with Crippen LogP contribution >= 0.6 is 7.75 Å². The quantitative estimate of drug-likeness (QED) is 0.308. The number of para-hydroxylation sites is 2. The summed E-state index contributed by atoms with van der Waals surface area (Å²) in [7, 11) is -8.90. The van der Waals surface area contributed by atoms with Crippen molar-refractivity contribution < 1.29 is 22.0 Å². The summed E-state index contributed by atoms with van der Waals surface area (Å²) in [5.41, 5.74) is 3.75. The third-order valence-corrected chi connectivity index (χ3v) is 8.79. The van der Waals surface area contributed by atoms with E-state index >= 15 is 0 Å². The van der Waals surface area contributed by atoms with Crippen LogP contribution in [0.2, 0.25) is 0 Å². The zero-order valence-corrected chi connectivity index (χ0v) is 18.9. The maximum absolute atomic E-state index is 14.3. The number of nitrogens with zero attached hydrogens (tertiary/aromatic N) is 1. The van der Waals surface area contributed by atoms with Gasteiger partial charge in [0.2, 0.25) is 0 Å². The third kappa shape index (κ3) is 4.56. The smallest absolute Gasteiger partial charge is 0.400 e. The Morgan fingerprint density at radius 3 is 1.81 bits per heavy atom. The Balaban J connectivity index is 1.89. The van der Waals surface area contributed by atoms with Crippen LogP contribution in [0.15, 0.2) is 119 Å². The first-order chi connectivity index (χ1) is 15.4. The van der Waals surface area contributed by atoms with Crippen LogP contribution in [-0.4, -0.2) is 12.5 Å². The average molecular weight is 465 g/mol. The molecule has 0 unspecified atom stereocenters. The van der Waals surface area contributed by atoms with Gasteiger partial charge in [-0.05, 0) is 55.5 Å². The summed E-state index contributed by atoms with van der Waals surface area (Å²) in [6, 6.07) is 22.8. The van der Waals surface area contributed by atoms with Crippen LogP contribution in [0.1, 0.15) is 5.56 Å². The lowest BCUT2D eigenvalue weighted by molar-refractivity contribution is 0.349. The van der Waals surface area contributed by atoms with E-state index in [4.69, 9.17) is 9.05 Å². The van der Waals surface area contributed by atoms with Crippen molar-refractivity contribution >= 4 is 17.8 Å². The van der Waals surface area contributed by atoms with Gasteiger partial charge in [-0.25, -0.2) is 13.0 Å². The Kier molecular flexibility index (Phi) is 6.06. The Morgan fingerprint density at radius 2 is 1.34 bits per heavy atom. The number of aryl methyl sites for hydroxylation is 1. The van der Waals surface area contributed by atoms with Crippen LogP contribution < -0.4 is 9.05 Å². The molecule has 0 saturated heterocycles. The zero-order valence-electron chi connectivity index (χ0n) is 17.2. The van der Waals surface area contributed by atoms with Crippen LogP contribution in [0.3, 0.4) is 0 Å². The summed E-state index contributed by atoms with van der Waals surface area (Å²) in [5.74, 6) is 0.393. The average Bonchev–Trinajstić information content (AvgIpc) is 3.29. The summed E-state index contributed by atoms with van der Waals surface area (Å²) in [6.07, 6.45) is 4.62. The molecule has 0 N–H and O–H groups in total. The van der Waals surface area contributed by atoms with E-state index in [9.17, 15) is 13.0 Å². The van der Waals surface area contributed by atoms with Gasteiger partial charge in [0.1, 0.15) is 17.2 Å². The molecule has 1 aliphatic carbocycles. The van der Waals surface area contributed by atoms with Crippen LogP contribution in [-0.2, 0) is 14.6 Å². The fourth-order valence-corrected chi connectivity index (χ4v) is 6.90. The van der Waals surface area contributed by atoms with Gasteiger partial charge in [0.05, 0.1) is 4.90 Å². The molecule has 0 amide bonds. The molecule has 0 saturated carbocycles. The molecule has 6 nitrogen and oxygen atoms in total. The second-order valence-corrected chi connectivity index (χ2v) is 10.7. The first-order valence-electron chi connectivity index (χ1n) is 9.74. The number of sulfonamides is 1. The fourth-order valence-electron chi connectivity index (χ4n) is 2.96. The van der Waals surface area contributed by atoms with E-state index in [-0.39, 0.29) is 22.1 Å². The molecule has 0 spiro atoms. The van der Waals surface area contributed by atoms with Crippen molar-refractivity contribution in [2.45, 2.75) is 11.8 Å². The molecule has 4 rings (SSSR count). The molecule has 32 heavy (non-hydrogen) atoms. The van der Waals surface area contributed by atoms with Crippen molar-refractivity contribution in [3.8, 4) is 11.5 Å². The summed E-state index contributed by atoms with van der Waals surface area (Å²) < 4.78 is 54.1. The number of rotatable bonds is 8. The van der Waals surface area contributed by atoms with Crippen molar-refractivity contribution in [3.05, 3.63) is 120 Å². The van der Waals surface area contributed by atoms with Gasteiger partial charge in [-0.15, -0.1) is 4.08 Å².